The van der Waals surface area contributed by atoms with Gasteiger partial charge >= 0.3 is 41.1 Å². The van der Waals surface area contributed by atoms with Crippen LogP contribution in [-0.2, 0) is 74.9 Å². The van der Waals surface area contributed by atoms with Gasteiger partial charge in [-0.15, -0.1) is 0 Å². The molecular formula is C72H95F3N13O27P3. The highest BCUT2D eigenvalue weighted by atomic mass is 31.2. The maximum Gasteiger partial charge on any atom is 0.459 e. The molecule has 4 aliphatic rings. The molecule has 10 N–H and O–H groups in total. The van der Waals surface area contributed by atoms with Gasteiger partial charge in [0.15, 0.2) is 41.0 Å². The lowest BCUT2D eigenvalue weighted by molar-refractivity contribution is -0.206. The molecule has 3 aromatic carbocycles. The first-order valence-corrected chi connectivity index (χ1v) is 41.4. The van der Waals surface area contributed by atoms with E-state index in [0.29, 0.717) is 24.9 Å². The average Bonchev–Trinajstić information content (AvgIpc) is 1.60. The number of amides is 1. The largest absolute Gasteiger partial charge is 0.476 e. The second-order valence-electron chi connectivity index (χ2n) is 27.6. The number of aryl methyl sites for hydroxylation is 2. The Bertz CT molecular complexity index is 4590. The number of imidazole rings is 2. The Morgan fingerprint density at radius 1 is 0.517 bits per heavy atom. The highest BCUT2D eigenvalue weighted by Crippen LogP contribution is 2.52. The van der Waals surface area contributed by atoms with E-state index in [1.54, 1.807) is 124 Å². The zero-order valence-corrected chi connectivity index (χ0v) is 68.8. The minimum Gasteiger partial charge on any atom is -0.476 e. The number of alkyl halides is 3. The van der Waals surface area contributed by atoms with E-state index in [1.165, 1.54) is 85.2 Å². The first kappa shape index (κ1) is 92.7. The van der Waals surface area contributed by atoms with Gasteiger partial charge in [0.1, 0.15) is 109 Å². The highest BCUT2D eigenvalue weighted by molar-refractivity contribution is 7.52. The van der Waals surface area contributed by atoms with Crippen LogP contribution in [0.1, 0.15) is 100 Å². The second kappa shape index (κ2) is 39.3. The molecule has 118 heavy (non-hydrogen) atoms. The molecule has 0 unspecified atom stereocenters. The maximum absolute atomic E-state index is 16.1. The highest BCUT2D eigenvalue weighted by Gasteiger charge is 2.61. The number of halogens is 3. The first-order valence-electron chi connectivity index (χ1n) is 36.8. The number of fused-ring (bicyclic) bond motifs is 2. The van der Waals surface area contributed by atoms with Crippen molar-refractivity contribution in [2.24, 2.45) is 0 Å². The normalized spacial score (nSPS) is 25.9. The summed E-state index contributed by atoms with van der Waals surface area (Å²) in [7, 11) is -13.5. The Morgan fingerprint density at radius 3 is 1.12 bits per heavy atom. The van der Waals surface area contributed by atoms with Crippen LogP contribution in [0.4, 0.5) is 13.2 Å². The van der Waals surface area contributed by atoms with Gasteiger partial charge in [-0.3, -0.25) is 41.9 Å². The Labute approximate surface area is 674 Å². The molecule has 1 amide bonds. The van der Waals surface area contributed by atoms with Gasteiger partial charge in [-0.05, 0) is 126 Å². The molecule has 11 rings (SSSR count). The van der Waals surface area contributed by atoms with E-state index in [0.717, 1.165) is 11.0 Å². The van der Waals surface area contributed by atoms with Gasteiger partial charge in [-0.1, -0.05) is 61.2 Å². The SMILES string of the molecule is C=C1NC(=O)C=CN1[C@@H]1O[C@](F)(CO[P@](=O)(N[C@H](C)C(=O)OC(C)C)Oc2ccccc2)[C@@H](O)[C@H]1O.CCOc1nc(C)nc2c1ncn2[C@@H]1O[C@](F)(CO[P@@](=O)(N[C@H](C)C(=O)OC(C)C)Oc2ccccc2)[C@@H](O)[C@H]1O.CCOc1nc(C)nc2c1ncn2[C@@H]1O[C@](F)(CO[P@](=O)(N[C@H](C)C(=O)OC(C)C)Oc2ccccc2)[C@@H](O)[C@H]1O. The molecule has 4 aromatic heterocycles. The molecule has 0 spiro atoms. The third kappa shape index (κ3) is 23.0. The molecule has 0 aliphatic carbocycles. The fourth-order valence-corrected chi connectivity index (χ4v) is 15.9. The summed E-state index contributed by atoms with van der Waals surface area (Å²) < 4.78 is 166. The van der Waals surface area contributed by atoms with Crippen molar-refractivity contribution >= 4 is 69.4 Å². The molecule has 3 fully saturated rings. The van der Waals surface area contributed by atoms with Crippen LogP contribution >= 0.6 is 23.2 Å². The summed E-state index contributed by atoms with van der Waals surface area (Å²) in [5, 5.41) is 73.3. The molecule has 4 aliphatic heterocycles. The smallest absolute Gasteiger partial charge is 0.459 e. The van der Waals surface area contributed by atoms with E-state index >= 15 is 13.2 Å². The topological polar surface area (TPSA) is 509 Å². The van der Waals surface area contributed by atoms with Crippen LogP contribution in [0, 0.1) is 13.8 Å². The van der Waals surface area contributed by atoms with Gasteiger partial charge in [0.25, 0.3) is 23.5 Å². The third-order valence-electron chi connectivity index (χ3n) is 16.8. The summed E-state index contributed by atoms with van der Waals surface area (Å²) in [5.74, 6) is -10.7. The number of aliphatic hydroxyl groups excluding tert-OH is 6. The lowest BCUT2D eigenvalue weighted by atomic mass is 10.1. The van der Waals surface area contributed by atoms with Crippen molar-refractivity contribution < 1.29 is 142 Å². The van der Waals surface area contributed by atoms with Gasteiger partial charge < -0.3 is 92.3 Å². The Balaban J connectivity index is 0.000000202. The second-order valence-corrected chi connectivity index (χ2v) is 32.6. The lowest BCUT2D eigenvalue weighted by Crippen LogP contribution is -2.46. The minimum atomic E-state index is -4.50. The zero-order chi connectivity index (χ0) is 86.6. The molecular weight excluding hydrogens is 1630 g/mol. The monoisotopic (exact) mass is 1720 g/mol. The van der Waals surface area contributed by atoms with Crippen molar-refractivity contribution in [1.29, 1.82) is 0 Å². The van der Waals surface area contributed by atoms with E-state index in [9.17, 15) is 63.5 Å². The molecule has 7 aromatic rings. The van der Waals surface area contributed by atoms with Crippen LogP contribution < -0.4 is 43.6 Å². The van der Waals surface area contributed by atoms with Crippen LogP contribution in [0.15, 0.2) is 128 Å². The number of benzene rings is 3. The molecule has 0 radical (unpaired) electrons. The van der Waals surface area contributed by atoms with E-state index in [1.807, 2.05) is 0 Å². The Hall–Kier alpha value is -9.20. The van der Waals surface area contributed by atoms with Crippen LogP contribution in [0.3, 0.4) is 0 Å². The summed E-state index contributed by atoms with van der Waals surface area (Å²) >= 11 is 0. The van der Waals surface area contributed by atoms with Crippen molar-refractivity contribution in [3.8, 4) is 29.0 Å². The number of carbonyl (C=O) groups is 4. The summed E-state index contributed by atoms with van der Waals surface area (Å²) in [6.07, 6.45) is -13.0. The molecule has 8 heterocycles. The number of nitrogens with one attached hydrogen (secondary N) is 4. The molecule has 0 saturated carbocycles. The molecule has 3 saturated heterocycles. The lowest BCUT2D eigenvalue weighted by Gasteiger charge is -2.32. The number of hydrogen-bond acceptors (Lipinski definition) is 34. The predicted molar refractivity (Wildman–Crippen MR) is 407 cm³/mol. The number of nitrogens with zero attached hydrogens (tertiary/aromatic N) is 9. The number of para-hydroxylation sites is 3. The fourth-order valence-electron chi connectivity index (χ4n) is 11.4. The van der Waals surface area contributed by atoms with Crippen LogP contribution in [0.25, 0.3) is 22.3 Å². The molecule has 40 nitrogen and oxygen atoms in total. The minimum absolute atomic E-state index is 0.0267. The summed E-state index contributed by atoms with van der Waals surface area (Å²) in [5.41, 5.74) is 0.810. The van der Waals surface area contributed by atoms with Crippen molar-refractivity contribution in [2.45, 2.75) is 199 Å². The van der Waals surface area contributed by atoms with E-state index in [4.69, 9.17) is 65.0 Å². The van der Waals surface area contributed by atoms with Crippen molar-refractivity contribution in [3.63, 3.8) is 0 Å². The Kier molecular flexibility index (Phi) is 30.9. The van der Waals surface area contributed by atoms with Crippen molar-refractivity contribution in [1.82, 2.24) is 64.5 Å². The van der Waals surface area contributed by atoms with E-state index in [-0.39, 0.29) is 57.2 Å². The predicted octanol–water partition coefficient (Wildman–Crippen LogP) is 6.45. The Morgan fingerprint density at radius 2 is 0.822 bits per heavy atom. The van der Waals surface area contributed by atoms with Gasteiger partial charge in [0.2, 0.25) is 11.8 Å². The van der Waals surface area contributed by atoms with Crippen molar-refractivity contribution in [2.75, 3.05) is 33.0 Å². The van der Waals surface area contributed by atoms with Gasteiger partial charge in [-0.2, -0.15) is 25.2 Å². The van der Waals surface area contributed by atoms with Crippen LogP contribution in [0.2, 0.25) is 0 Å². The number of rotatable bonds is 34. The average molecular weight is 1720 g/mol. The van der Waals surface area contributed by atoms with E-state index < -0.39 is 176 Å². The van der Waals surface area contributed by atoms with Gasteiger partial charge in [0, 0.05) is 12.3 Å². The first-order chi connectivity index (χ1) is 55.5. The summed E-state index contributed by atoms with van der Waals surface area (Å²) in [6, 6.07) is 20.0. The summed E-state index contributed by atoms with van der Waals surface area (Å²) in [6.45, 7) is 21.4. The third-order valence-corrected chi connectivity index (χ3v) is 21.7. The van der Waals surface area contributed by atoms with Gasteiger partial charge in [0.05, 0.1) is 44.2 Å². The molecule has 646 valence electrons. The zero-order valence-electron chi connectivity index (χ0n) is 66.1. The molecule has 0 bridgehead atoms. The molecule has 18 atom stereocenters. The number of hydrogen-bond donors (Lipinski definition) is 10. The molecule has 46 heteroatoms. The van der Waals surface area contributed by atoms with Gasteiger partial charge in [-0.25, -0.2) is 46.8 Å². The fraction of sp³-hybridized carbons (Fsp3) is 0.500. The van der Waals surface area contributed by atoms with Crippen LogP contribution in [-0.4, -0.2) is 228 Å². The quantitative estimate of drug-likeness (QED) is 0.0118. The van der Waals surface area contributed by atoms with Crippen molar-refractivity contribution in [3.05, 3.63) is 140 Å². The number of esters is 3. The standard InChI is InChI=1S/2C25H33FN5O9P.C22H29FN3O9P/c2*1-6-36-22-18-21(28-16(5)29-22)31(13-27-18)23-19(32)20(33)25(26,39-23)12-37-41(35,40-17-10-8-7-9-11-17)30-15(4)24(34)38-14(2)3;1-13(2)33-21(30)14(3)25-36(31,35-16-8-6-5-7-9-16)32-12-22(23)19(29)18(28)20(34-22)26-11-10-17(27)24-15(26)4/h2*7-11,13-15,19-20,23,32-33H,6,12H2,1-5H3,(H,30,35);5-11,13-14,18-20,28-29H,4,12H2,1-3H3,(H,24,27)(H,25,31)/t15-,19-,20+,23-,25-,41+;15-,19-,20+,23-,25-,41-;14-,18-,19+,20-,22-,36-/m111/s1. The maximum atomic E-state index is 16.1. The number of ether oxygens (including phenoxy) is 8. The van der Waals surface area contributed by atoms with Crippen LogP contribution in [0.5, 0.6) is 29.0 Å². The number of carbonyl (C=O) groups excluding carboxylic acids is 4. The summed E-state index contributed by atoms with van der Waals surface area (Å²) in [4.78, 5) is 74.9. The number of aromatic nitrogens is 8. The number of aliphatic hydroxyl groups is 6. The van der Waals surface area contributed by atoms with E-state index in [2.05, 4.69) is 57.1 Å².